The van der Waals surface area contributed by atoms with Gasteiger partial charge < -0.3 is 9.67 Å². The minimum atomic E-state index is -0.969. The summed E-state index contributed by atoms with van der Waals surface area (Å²) in [5.41, 5.74) is 1.86. The number of fused-ring (bicyclic) bond motifs is 1. The molecule has 0 aliphatic rings. The molecule has 1 aromatic heterocycles. The van der Waals surface area contributed by atoms with Gasteiger partial charge in [-0.15, -0.1) is 0 Å². The lowest BCUT2D eigenvalue weighted by molar-refractivity contribution is -0.131. The maximum Gasteiger partial charge on any atom is 0.328 e. The van der Waals surface area contributed by atoms with Crippen LogP contribution in [0, 0.1) is 11.3 Å². The summed E-state index contributed by atoms with van der Waals surface area (Å²) in [6, 6.07) is 9.85. The fraction of sp³-hybridized carbons (Fsp3) is 0.143. The van der Waals surface area contributed by atoms with Gasteiger partial charge in [-0.25, -0.2) is 4.79 Å². The molecule has 0 bridgehead atoms. The number of carboxylic acid groups (broad SMARTS) is 1. The van der Waals surface area contributed by atoms with Crippen molar-refractivity contribution < 1.29 is 9.90 Å². The van der Waals surface area contributed by atoms with Crippen LogP contribution in [0.15, 0.2) is 36.5 Å². The molecule has 0 saturated heterocycles. The first-order valence-corrected chi connectivity index (χ1v) is 5.58. The minimum Gasteiger partial charge on any atom is -0.478 e. The number of aryl methyl sites for hydroxylation is 1. The standard InChI is InChI=1S/C14H12N2O2/c15-8-3-9-16-10-11(6-7-14(17)18)12-4-1-2-5-13(12)16/h1-2,4-7,10H,3,9H2,(H,17,18)/b7-6+. The highest BCUT2D eigenvalue weighted by Gasteiger charge is 2.05. The van der Waals surface area contributed by atoms with Crippen LogP contribution in [0.2, 0.25) is 0 Å². The van der Waals surface area contributed by atoms with Crippen LogP contribution in [0.3, 0.4) is 0 Å². The molecule has 1 aromatic carbocycles. The Bertz CT molecular complexity index is 647. The van der Waals surface area contributed by atoms with E-state index in [2.05, 4.69) is 6.07 Å². The first-order chi connectivity index (χ1) is 8.72. The van der Waals surface area contributed by atoms with E-state index < -0.39 is 5.97 Å². The van der Waals surface area contributed by atoms with Crippen molar-refractivity contribution in [2.75, 3.05) is 0 Å². The van der Waals surface area contributed by atoms with Crippen LogP contribution in [0.25, 0.3) is 17.0 Å². The van der Waals surface area contributed by atoms with Gasteiger partial charge in [-0.2, -0.15) is 5.26 Å². The van der Waals surface area contributed by atoms with Crippen molar-refractivity contribution in [2.45, 2.75) is 13.0 Å². The summed E-state index contributed by atoms with van der Waals surface area (Å²) in [6.45, 7) is 0.609. The van der Waals surface area contributed by atoms with Gasteiger partial charge in [-0.05, 0) is 12.1 Å². The molecule has 90 valence electrons. The van der Waals surface area contributed by atoms with Gasteiger partial charge in [0.25, 0.3) is 0 Å². The van der Waals surface area contributed by atoms with Gasteiger partial charge in [0.05, 0.1) is 12.5 Å². The molecule has 0 saturated carbocycles. The summed E-state index contributed by atoms with van der Waals surface area (Å²) in [6.07, 6.45) is 5.01. The summed E-state index contributed by atoms with van der Waals surface area (Å²) in [7, 11) is 0. The third kappa shape index (κ3) is 2.41. The van der Waals surface area contributed by atoms with Crippen molar-refractivity contribution in [3.05, 3.63) is 42.1 Å². The number of aromatic nitrogens is 1. The molecule has 0 unspecified atom stereocenters. The second-order valence-corrected chi connectivity index (χ2v) is 3.87. The zero-order valence-electron chi connectivity index (χ0n) is 9.71. The van der Waals surface area contributed by atoms with Crippen molar-refractivity contribution in [3.63, 3.8) is 0 Å². The Balaban J connectivity index is 2.47. The highest BCUT2D eigenvalue weighted by atomic mass is 16.4. The van der Waals surface area contributed by atoms with E-state index >= 15 is 0 Å². The van der Waals surface area contributed by atoms with Gasteiger partial charge in [-0.1, -0.05) is 18.2 Å². The first-order valence-electron chi connectivity index (χ1n) is 5.58. The summed E-state index contributed by atoms with van der Waals surface area (Å²) in [5.74, 6) is -0.969. The Kier molecular flexibility index (Phi) is 3.44. The number of rotatable bonds is 4. The van der Waals surface area contributed by atoms with Crippen LogP contribution < -0.4 is 0 Å². The van der Waals surface area contributed by atoms with E-state index in [9.17, 15) is 4.79 Å². The number of aliphatic carboxylic acids is 1. The molecule has 2 aromatic rings. The van der Waals surface area contributed by atoms with E-state index in [1.807, 2.05) is 35.0 Å². The number of nitriles is 1. The van der Waals surface area contributed by atoms with Crippen molar-refractivity contribution in [3.8, 4) is 6.07 Å². The first kappa shape index (κ1) is 11.9. The van der Waals surface area contributed by atoms with Crippen LogP contribution in [0.5, 0.6) is 0 Å². The summed E-state index contributed by atoms with van der Waals surface area (Å²) < 4.78 is 1.97. The minimum absolute atomic E-state index is 0.431. The number of carboxylic acids is 1. The van der Waals surface area contributed by atoms with Crippen LogP contribution >= 0.6 is 0 Å². The third-order valence-corrected chi connectivity index (χ3v) is 2.69. The Morgan fingerprint density at radius 1 is 1.44 bits per heavy atom. The van der Waals surface area contributed by atoms with E-state index in [1.165, 1.54) is 0 Å². The van der Waals surface area contributed by atoms with Gasteiger partial charge in [0.1, 0.15) is 0 Å². The lowest BCUT2D eigenvalue weighted by atomic mass is 10.1. The van der Waals surface area contributed by atoms with E-state index in [1.54, 1.807) is 6.08 Å². The highest BCUT2D eigenvalue weighted by molar-refractivity contribution is 5.93. The number of carbonyl (C=O) groups is 1. The Hall–Kier alpha value is -2.54. The van der Waals surface area contributed by atoms with E-state index in [4.69, 9.17) is 10.4 Å². The number of nitrogens with zero attached hydrogens (tertiary/aromatic N) is 2. The molecule has 2 rings (SSSR count). The van der Waals surface area contributed by atoms with Crippen molar-refractivity contribution in [1.29, 1.82) is 5.26 Å². The van der Waals surface area contributed by atoms with Crippen LogP contribution in [0.1, 0.15) is 12.0 Å². The quantitative estimate of drug-likeness (QED) is 0.835. The number of para-hydroxylation sites is 1. The van der Waals surface area contributed by atoms with Gasteiger partial charge in [-0.3, -0.25) is 0 Å². The molecule has 0 radical (unpaired) electrons. The molecular formula is C14H12N2O2. The smallest absolute Gasteiger partial charge is 0.328 e. The Morgan fingerprint density at radius 2 is 2.22 bits per heavy atom. The van der Waals surface area contributed by atoms with Crippen molar-refractivity contribution in [1.82, 2.24) is 4.57 Å². The Labute approximate surface area is 104 Å². The Morgan fingerprint density at radius 3 is 2.94 bits per heavy atom. The summed E-state index contributed by atoms with van der Waals surface area (Å²) in [5, 5.41) is 18.3. The number of hydrogen-bond acceptors (Lipinski definition) is 2. The monoisotopic (exact) mass is 240 g/mol. The average molecular weight is 240 g/mol. The predicted molar refractivity (Wildman–Crippen MR) is 68.8 cm³/mol. The topological polar surface area (TPSA) is 66.0 Å². The van der Waals surface area contributed by atoms with Crippen LogP contribution in [0.4, 0.5) is 0 Å². The van der Waals surface area contributed by atoms with Gasteiger partial charge in [0, 0.05) is 35.3 Å². The van der Waals surface area contributed by atoms with Crippen molar-refractivity contribution in [2.24, 2.45) is 0 Å². The molecule has 4 nitrogen and oxygen atoms in total. The largest absolute Gasteiger partial charge is 0.478 e. The van der Waals surface area contributed by atoms with E-state index in [-0.39, 0.29) is 0 Å². The molecule has 0 amide bonds. The molecule has 0 spiro atoms. The second-order valence-electron chi connectivity index (χ2n) is 3.87. The van der Waals surface area contributed by atoms with Crippen LogP contribution in [-0.4, -0.2) is 15.6 Å². The molecule has 1 N–H and O–H groups in total. The molecule has 0 aliphatic carbocycles. The molecular weight excluding hydrogens is 228 g/mol. The van der Waals surface area contributed by atoms with E-state index in [0.717, 1.165) is 22.5 Å². The number of hydrogen-bond donors (Lipinski definition) is 1. The molecule has 0 aliphatic heterocycles. The fourth-order valence-corrected chi connectivity index (χ4v) is 1.92. The SMILES string of the molecule is N#CCCn1cc(/C=C/C(=O)O)c2ccccc21. The second kappa shape index (κ2) is 5.19. The lowest BCUT2D eigenvalue weighted by Gasteiger charge is -2.00. The number of benzene rings is 1. The maximum absolute atomic E-state index is 10.6. The van der Waals surface area contributed by atoms with E-state index in [0.29, 0.717) is 13.0 Å². The molecule has 18 heavy (non-hydrogen) atoms. The van der Waals surface area contributed by atoms with Crippen molar-refractivity contribution >= 4 is 22.9 Å². The van der Waals surface area contributed by atoms with Gasteiger partial charge in [0.15, 0.2) is 0 Å². The molecule has 1 heterocycles. The fourth-order valence-electron chi connectivity index (χ4n) is 1.92. The summed E-state index contributed by atoms with van der Waals surface area (Å²) >= 11 is 0. The zero-order valence-corrected chi connectivity index (χ0v) is 9.71. The molecule has 4 heteroatoms. The lowest BCUT2D eigenvalue weighted by Crippen LogP contribution is -1.94. The predicted octanol–water partition coefficient (Wildman–Crippen LogP) is 2.65. The third-order valence-electron chi connectivity index (χ3n) is 2.69. The van der Waals surface area contributed by atoms with Gasteiger partial charge >= 0.3 is 5.97 Å². The van der Waals surface area contributed by atoms with Crippen LogP contribution in [-0.2, 0) is 11.3 Å². The molecule has 0 atom stereocenters. The summed E-state index contributed by atoms with van der Waals surface area (Å²) in [4.78, 5) is 10.6. The average Bonchev–Trinajstić information content (AvgIpc) is 2.72. The molecule has 0 fully saturated rings. The van der Waals surface area contributed by atoms with Gasteiger partial charge in [0.2, 0.25) is 0 Å². The normalized spacial score (nSPS) is 10.8. The zero-order chi connectivity index (χ0) is 13.0. The maximum atomic E-state index is 10.6. The highest BCUT2D eigenvalue weighted by Crippen LogP contribution is 2.22.